The fraction of sp³-hybridized carbons (Fsp3) is 0.292. The molecule has 0 radical (unpaired) electrons. The molecule has 0 bridgehead atoms. The molecule has 1 aliphatic heterocycles. The van der Waals surface area contributed by atoms with Gasteiger partial charge in [0.1, 0.15) is 0 Å². The van der Waals surface area contributed by atoms with Gasteiger partial charge in [-0.25, -0.2) is 9.78 Å². The van der Waals surface area contributed by atoms with Crippen molar-refractivity contribution in [2.24, 2.45) is 5.92 Å². The van der Waals surface area contributed by atoms with Crippen LogP contribution in [0.15, 0.2) is 61.1 Å². The second kappa shape index (κ2) is 7.54. The molecule has 2 unspecified atom stereocenters. The molecule has 6 nitrogen and oxygen atoms in total. The van der Waals surface area contributed by atoms with Gasteiger partial charge < -0.3 is 14.2 Å². The average molecular weight is 436 g/mol. The summed E-state index contributed by atoms with van der Waals surface area (Å²) in [5.74, 6) is -0.0178. The average Bonchev–Trinajstić information content (AvgIpc) is 3.20. The number of benzene rings is 2. The lowest BCUT2D eigenvalue weighted by molar-refractivity contribution is -0.120. The van der Waals surface area contributed by atoms with Gasteiger partial charge in [-0.3, -0.25) is 4.79 Å². The number of halogens is 1. The molecular formula is C24H22ClN3O3. The van der Waals surface area contributed by atoms with Gasteiger partial charge in [0.05, 0.1) is 18.9 Å². The molecule has 3 aromatic rings. The van der Waals surface area contributed by atoms with Crippen LogP contribution >= 0.6 is 11.6 Å². The third kappa shape index (κ3) is 3.31. The SMILES string of the molecule is COC(=O)c1cn(CCN2C(=O)C3(CC3Cc3ccc(Cl)cc3)c3ccccc32)cn1. The van der Waals surface area contributed by atoms with Crippen LogP contribution in [0.1, 0.15) is 28.0 Å². The Balaban J connectivity index is 1.35. The third-order valence-corrected chi connectivity index (χ3v) is 6.66. The van der Waals surface area contributed by atoms with Crippen LogP contribution in [-0.4, -0.2) is 35.1 Å². The molecule has 2 aromatic carbocycles. The summed E-state index contributed by atoms with van der Waals surface area (Å²) >= 11 is 6.01. The topological polar surface area (TPSA) is 64.4 Å². The number of rotatable bonds is 6. The van der Waals surface area contributed by atoms with Crippen molar-refractivity contribution in [3.05, 3.63) is 82.9 Å². The zero-order chi connectivity index (χ0) is 21.6. The summed E-state index contributed by atoms with van der Waals surface area (Å²) in [6.45, 7) is 1.06. The predicted molar refractivity (Wildman–Crippen MR) is 117 cm³/mol. The maximum atomic E-state index is 13.6. The van der Waals surface area contributed by atoms with Crippen LogP contribution in [0.5, 0.6) is 0 Å². The molecule has 1 spiro atoms. The third-order valence-electron chi connectivity index (χ3n) is 6.41. The zero-order valence-corrected chi connectivity index (χ0v) is 17.9. The highest BCUT2D eigenvalue weighted by Crippen LogP contribution is 2.62. The van der Waals surface area contributed by atoms with Gasteiger partial charge in [0.15, 0.2) is 5.69 Å². The van der Waals surface area contributed by atoms with Gasteiger partial charge in [-0.2, -0.15) is 0 Å². The van der Waals surface area contributed by atoms with Crippen molar-refractivity contribution in [1.29, 1.82) is 0 Å². The maximum Gasteiger partial charge on any atom is 0.358 e. The fourth-order valence-electron chi connectivity index (χ4n) is 4.75. The first-order chi connectivity index (χ1) is 15.0. The van der Waals surface area contributed by atoms with Gasteiger partial charge >= 0.3 is 5.97 Å². The summed E-state index contributed by atoms with van der Waals surface area (Å²) in [5.41, 5.74) is 3.14. The van der Waals surface area contributed by atoms with Gasteiger partial charge in [-0.05, 0) is 48.1 Å². The van der Waals surface area contributed by atoms with Crippen molar-refractivity contribution >= 4 is 29.2 Å². The quantitative estimate of drug-likeness (QED) is 0.551. The van der Waals surface area contributed by atoms with E-state index in [-0.39, 0.29) is 17.5 Å². The number of amides is 1. The van der Waals surface area contributed by atoms with Gasteiger partial charge in [0.2, 0.25) is 5.91 Å². The Hall–Kier alpha value is -3.12. The van der Waals surface area contributed by atoms with Gasteiger partial charge in [-0.1, -0.05) is 41.9 Å². The van der Waals surface area contributed by atoms with Crippen molar-refractivity contribution in [3.8, 4) is 0 Å². The van der Waals surface area contributed by atoms with E-state index in [0.717, 1.165) is 29.1 Å². The van der Waals surface area contributed by atoms with Crippen LogP contribution in [0, 0.1) is 5.92 Å². The van der Waals surface area contributed by atoms with Gasteiger partial charge in [0, 0.05) is 30.0 Å². The molecule has 5 rings (SSSR count). The Labute approximate surface area is 185 Å². The molecule has 2 atom stereocenters. The zero-order valence-electron chi connectivity index (χ0n) is 17.1. The highest BCUT2D eigenvalue weighted by molar-refractivity contribution is 6.30. The Morgan fingerprint density at radius 1 is 1.19 bits per heavy atom. The monoisotopic (exact) mass is 435 g/mol. The van der Waals surface area contributed by atoms with Crippen LogP contribution in [-0.2, 0) is 27.9 Å². The first kappa shape index (κ1) is 19.8. The van der Waals surface area contributed by atoms with Gasteiger partial charge in [-0.15, -0.1) is 0 Å². The smallest absolute Gasteiger partial charge is 0.358 e. The summed E-state index contributed by atoms with van der Waals surface area (Å²) in [4.78, 5) is 31.2. The molecule has 2 aliphatic rings. The van der Waals surface area contributed by atoms with E-state index in [4.69, 9.17) is 16.3 Å². The van der Waals surface area contributed by atoms with E-state index in [1.807, 2.05) is 51.9 Å². The summed E-state index contributed by atoms with van der Waals surface area (Å²) in [6, 6.07) is 16.0. The predicted octanol–water partition coefficient (Wildman–Crippen LogP) is 3.87. The van der Waals surface area contributed by atoms with Crippen molar-refractivity contribution < 1.29 is 14.3 Å². The minimum atomic E-state index is -0.469. The lowest BCUT2D eigenvalue weighted by atomic mass is 9.92. The Morgan fingerprint density at radius 3 is 2.74 bits per heavy atom. The number of hydrogen-bond acceptors (Lipinski definition) is 4. The number of fused-ring (bicyclic) bond motifs is 2. The second-order valence-electron chi connectivity index (χ2n) is 8.17. The second-order valence-corrected chi connectivity index (χ2v) is 8.60. The largest absolute Gasteiger partial charge is 0.464 e. The number of carbonyl (C=O) groups excluding carboxylic acids is 2. The van der Waals surface area contributed by atoms with Crippen LogP contribution in [0.4, 0.5) is 5.69 Å². The minimum Gasteiger partial charge on any atom is -0.464 e. The number of esters is 1. The highest BCUT2D eigenvalue weighted by atomic mass is 35.5. The molecule has 1 amide bonds. The standard InChI is InChI=1S/C24H22ClN3O3/c1-31-22(29)20-14-27(15-26-20)10-11-28-21-5-3-2-4-19(21)24(23(28)30)13-17(24)12-16-6-8-18(25)9-7-16/h2-9,14-15,17H,10-13H2,1H3. The van der Waals surface area contributed by atoms with Crippen LogP contribution in [0.2, 0.25) is 5.02 Å². The molecule has 0 saturated heterocycles. The molecule has 7 heteroatoms. The van der Waals surface area contributed by atoms with E-state index in [0.29, 0.717) is 13.1 Å². The van der Waals surface area contributed by atoms with Crippen molar-refractivity contribution in [3.63, 3.8) is 0 Å². The molecule has 31 heavy (non-hydrogen) atoms. The number of nitrogens with zero attached hydrogens (tertiary/aromatic N) is 3. The molecule has 158 valence electrons. The van der Waals surface area contributed by atoms with Crippen molar-refractivity contribution in [1.82, 2.24) is 9.55 Å². The van der Waals surface area contributed by atoms with E-state index < -0.39 is 11.4 Å². The maximum absolute atomic E-state index is 13.6. The van der Waals surface area contributed by atoms with E-state index in [2.05, 4.69) is 11.1 Å². The summed E-state index contributed by atoms with van der Waals surface area (Å²) in [7, 11) is 1.33. The Bertz CT molecular complexity index is 1160. The summed E-state index contributed by atoms with van der Waals surface area (Å²) in [5, 5.41) is 0.720. The lowest BCUT2D eigenvalue weighted by Crippen LogP contribution is -2.35. The molecule has 0 N–H and O–H groups in total. The number of anilines is 1. The van der Waals surface area contributed by atoms with Crippen LogP contribution in [0.3, 0.4) is 0 Å². The molecular weight excluding hydrogens is 414 g/mol. The molecule has 1 fully saturated rings. The van der Waals surface area contributed by atoms with Crippen LogP contribution in [0.25, 0.3) is 0 Å². The van der Waals surface area contributed by atoms with E-state index in [1.54, 1.807) is 12.5 Å². The van der Waals surface area contributed by atoms with E-state index in [1.165, 1.54) is 12.7 Å². The number of hydrogen-bond donors (Lipinski definition) is 0. The minimum absolute atomic E-state index is 0.168. The Morgan fingerprint density at radius 2 is 1.97 bits per heavy atom. The van der Waals surface area contributed by atoms with Crippen molar-refractivity contribution in [2.75, 3.05) is 18.6 Å². The first-order valence-electron chi connectivity index (χ1n) is 10.3. The highest BCUT2D eigenvalue weighted by Gasteiger charge is 2.66. The summed E-state index contributed by atoms with van der Waals surface area (Å²) in [6.07, 6.45) is 4.96. The van der Waals surface area contributed by atoms with Crippen LogP contribution < -0.4 is 4.90 Å². The van der Waals surface area contributed by atoms with Crippen molar-refractivity contribution in [2.45, 2.75) is 24.8 Å². The molecule has 1 saturated carbocycles. The molecule has 2 heterocycles. The molecule has 1 aromatic heterocycles. The van der Waals surface area contributed by atoms with E-state index in [9.17, 15) is 9.59 Å². The molecule has 1 aliphatic carbocycles. The number of carbonyl (C=O) groups is 2. The Kier molecular flexibility index (Phi) is 4.82. The number of ether oxygens (including phenoxy) is 1. The number of para-hydroxylation sites is 1. The first-order valence-corrected chi connectivity index (χ1v) is 10.7. The number of methoxy groups -OCH3 is 1. The van der Waals surface area contributed by atoms with Gasteiger partial charge in [0.25, 0.3) is 0 Å². The number of imidazole rings is 1. The summed E-state index contributed by atoms with van der Waals surface area (Å²) < 4.78 is 6.52. The fourth-order valence-corrected chi connectivity index (χ4v) is 4.88. The van der Waals surface area contributed by atoms with E-state index >= 15 is 0 Å². The normalized spacial score (nSPS) is 21.4. The lowest BCUT2D eigenvalue weighted by Gasteiger charge is -2.18. The number of aromatic nitrogens is 2.